The van der Waals surface area contributed by atoms with Crippen molar-refractivity contribution >= 4 is 34.8 Å². The third kappa shape index (κ3) is 5.18. The number of alkyl halides is 1. The molecule has 38 heavy (non-hydrogen) atoms. The first-order chi connectivity index (χ1) is 18.1. The monoisotopic (exact) mass is 537 g/mol. The zero-order valence-electron chi connectivity index (χ0n) is 22.0. The Hall–Kier alpha value is -3.64. The molecule has 0 aromatic carbocycles. The standard InChI is InChI=1S/C26H32FN9OS/c1-6-19-21(31-23-22(28-9-12-36(19)23)30-18-8-10-34(5)15-17(18)27)25-33-32-20(38-25)13-29-24(37)16-7-11-35(14-16)26(2,3)4/h6-7,9,11-12,14,17-18H,1,8,10,13,15H2,2-5H3,(H,28,30)(H,29,37)/t17-,18+/m0/s1. The second-order valence-electron chi connectivity index (χ2n) is 10.5. The van der Waals surface area contributed by atoms with Gasteiger partial charge in [-0.1, -0.05) is 17.9 Å². The Balaban J connectivity index is 1.34. The molecule has 12 heteroatoms. The first kappa shape index (κ1) is 26.0. The van der Waals surface area contributed by atoms with Crippen LogP contribution in [0.25, 0.3) is 22.4 Å². The smallest absolute Gasteiger partial charge is 0.253 e. The van der Waals surface area contributed by atoms with Crippen molar-refractivity contribution < 1.29 is 9.18 Å². The number of carbonyl (C=O) groups is 1. The molecule has 1 saturated heterocycles. The average Bonchev–Trinajstić information content (AvgIpc) is 3.62. The predicted molar refractivity (Wildman–Crippen MR) is 147 cm³/mol. The highest BCUT2D eigenvalue weighted by molar-refractivity contribution is 7.14. The van der Waals surface area contributed by atoms with E-state index in [9.17, 15) is 9.18 Å². The topological polar surface area (TPSA) is 105 Å². The number of hydrogen-bond acceptors (Lipinski definition) is 8. The molecule has 0 saturated carbocycles. The lowest BCUT2D eigenvalue weighted by Gasteiger charge is -2.32. The highest BCUT2D eigenvalue weighted by Crippen LogP contribution is 2.30. The zero-order valence-corrected chi connectivity index (χ0v) is 22.8. The van der Waals surface area contributed by atoms with Crippen LogP contribution < -0.4 is 10.6 Å². The molecular formula is C26H32FN9OS. The number of nitrogens with one attached hydrogen (secondary N) is 2. The molecule has 0 unspecified atom stereocenters. The molecular weight excluding hydrogens is 505 g/mol. The van der Waals surface area contributed by atoms with Crippen LogP contribution in [-0.4, -0.2) is 72.3 Å². The van der Waals surface area contributed by atoms with Gasteiger partial charge in [-0.05, 0) is 46.4 Å². The quantitative estimate of drug-likeness (QED) is 0.369. The van der Waals surface area contributed by atoms with Crippen LogP contribution >= 0.6 is 11.3 Å². The second kappa shape index (κ2) is 10.3. The summed E-state index contributed by atoms with van der Waals surface area (Å²) < 4.78 is 18.5. The number of anilines is 1. The van der Waals surface area contributed by atoms with E-state index in [1.54, 1.807) is 24.5 Å². The molecule has 0 bridgehead atoms. The first-order valence-corrected chi connectivity index (χ1v) is 13.3. The number of piperidine rings is 1. The van der Waals surface area contributed by atoms with Gasteiger partial charge in [-0.15, -0.1) is 10.2 Å². The molecule has 2 N–H and O–H groups in total. The van der Waals surface area contributed by atoms with Gasteiger partial charge in [0.15, 0.2) is 16.5 Å². The second-order valence-corrected chi connectivity index (χ2v) is 11.6. The van der Waals surface area contributed by atoms with Crippen LogP contribution in [-0.2, 0) is 12.1 Å². The SMILES string of the molecule is C=Cc1c(-c2nnc(CNC(=O)c3ccn(C(C)(C)C)c3)s2)nc2c(N[C@@H]3CCN(C)C[C@@H]3F)nccn12. The lowest BCUT2D eigenvalue weighted by Crippen LogP contribution is -2.46. The molecule has 1 amide bonds. The lowest BCUT2D eigenvalue weighted by atomic mass is 10.0. The van der Waals surface area contributed by atoms with E-state index in [4.69, 9.17) is 4.98 Å². The van der Waals surface area contributed by atoms with Gasteiger partial charge in [0.2, 0.25) is 0 Å². The molecule has 0 radical (unpaired) electrons. The highest BCUT2D eigenvalue weighted by atomic mass is 32.1. The van der Waals surface area contributed by atoms with Gasteiger partial charge in [-0.2, -0.15) is 0 Å². The zero-order chi connectivity index (χ0) is 27.0. The number of amides is 1. The molecule has 4 aromatic rings. The minimum absolute atomic E-state index is 0.102. The largest absolute Gasteiger partial charge is 0.361 e. The van der Waals surface area contributed by atoms with Gasteiger partial charge >= 0.3 is 0 Å². The fourth-order valence-electron chi connectivity index (χ4n) is 4.47. The van der Waals surface area contributed by atoms with Crippen LogP contribution in [0, 0.1) is 0 Å². The van der Waals surface area contributed by atoms with Gasteiger partial charge < -0.3 is 20.1 Å². The Morgan fingerprint density at radius 1 is 1.32 bits per heavy atom. The summed E-state index contributed by atoms with van der Waals surface area (Å²) in [5.74, 6) is 0.337. The molecule has 1 aliphatic heterocycles. The highest BCUT2D eigenvalue weighted by Gasteiger charge is 2.29. The van der Waals surface area contributed by atoms with E-state index in [2.05, 4.69) is 53.2 Å². The summed E-state index contributed by atoms with van der Waals surface area (Å²) in [4.78, 5) is 23.9. The van der Waals surface area contributed by atoms with Crippen LogP contribution in [0.3, 0.4) is 0 Å². The molecule has 2 atom stereocenters. The number of nitrogens with zero attached hydrogens (tertiary/aromatic N) is 7. The summed E-state index contributed by atoms with van der Waals surface area (Å²) in [5, 5.41) is 16.0. The Bertz CT molecular complexity index is 1470. The number of likely N-dealkylation sites (tertiary alicyclic amines) is 1. The van der Waals surface area contributed by atoms with Crippen LogP contribution in [0.5, 0.6) is 0 Å². The van der Waals surface area contributed by atoms with Gasteiger partial charge in [-0.25, -0.2) is 14.4 Å². The molecule has 0 spiro atoms. The van der Waals surface area contributed by atoms with Crippen molar-refractivity contribution in [3.05, 3.63) is 53.7 Å². The summed E-state index contributed by atoms with van der Waals surface area (Å²) >= 11 is 1.35. The number of carbonyl (C=O) groups excluding carboxylic acids is 1. The van der Waals surface area contributed by atoms with Crippen LogP contribution in [0.1, 0.15) is 48.3 Å². The fourth-order valence-corrected chi connectivity index (χ4v) is 5.25. The number of imidazole rings is 1. The van der Waals surface area contributed by atoms with E-state index in [1.165, 1.54) is 11.3 Å². The van der Waals surface area contributed by atoms with Crippen molar-refractivity contribution in [3.63, 3.8) is 0 Å². The fraction of sp³-hybridized carbons (Fsp3) is 0.423. The third-order valence-corrected chi connectivity index (χ3v) is 7.57. The van der Waals surface area contributed by atoms with E-state index in [0.717, 1.165) is 12.2 Å². The van der Waals surface area contributed by atoms with Crippen molar-refractivity contribution in [2.45, 2.75) is 51.5 Å². The molecule has 200 valence electrons. The van der Waals surface area contributed by atoms with E-state index in [-0.39, 0.29) is 24.0 Å². The minimum atomic E-state index is -1.00. The van der Waals surface area contributed by atoms with Crippen LogP contribution in [0.4, 0.5) is 10.2 Å². The van der Waals surface area contributed by atoms with Gasteiger partial charge in [0.25, 0.3) is 5.91 Å². The molecule has 4 aromatic heterocycles. The Labute approximate surface area is 224 Å². The maximum absolute atomic E-state index is 14.7. The molecule has 0 aliphatic carbocycles. The van der Waals surface area contributed by atoms with E-state index in [0.29, 0.717) is 45.7 Å². The van der Waals surface area contributed by atoms with Crippen molar-refractivity contribution in [1.29, 1.82) is 0 Å². The van der Waals surface area contributed by atoms with Gasteiger partial charge in [-0.3, -0.25) is 9.20 Å². The lowest BCUT2D eigenvalue weighted by molar-refractivity contribution is 0.0950. The van der Waals surface area contributed by atoms with E-state index in [1.807, 2.05) is 33.3 Å². The number of halogens is 1. The first-order valence-electron chi connectivity index (χ1n) is 12.5. The third-order valence-electron chi connectivity index (χ3n) is 6.64. The Kier molecular flexibility index (Phi) is 7.01. The van der Waals surface area contributed by atoms with Crippen molar-refractivity contribution in [2.75, 3.05) is 25.5 Å². The van der Waals surface area contributed by atoms with E-state index < -0.39 is 6.17 Å². The van der Waals surface area contributed by atoms with Crippen LogP contribution in [0.2, 0.25) is 0 Å². The van der Waals surface area contributed by atoms with Gasteiger partial charge in [0, 0.05) is 43.4 Å². The Morgan fingerprint density at radius 2 is 2.13 bits per heavy atom. The summed E-state index contributed by atoms with van der Waals surface area (Å²) in [6.45, 7) is 11.6. The molecule has 1 fully saturated rings. The van der Waals surface area contributed by atoms with Gasteiger partial charge in [0.1, 0.15) is 16.9 Å². The van der Waals surface area contributed by atoms with Crippen LogP contribution in [0.15, 0.2) is 37.4 Å². The van der Waals surface area contributed by atoms with Crippen molar-refractivity contribution in [1.82, 2.24) is 39.3 Å². The minimum Gasteiger partial charge on any atom is -0.361 e. The molecule has 5 rings (SSSR count). The van der Waals surface area contributed by atoms with Gasteiger partial charge in [0.05, 0.1) is 23.8 Å². The molecule has 5 heterocycles. The summed E-state index contributed by atoms with van der Waals surface area (Å²) in [6, 6.07) is 1.46. The summed E-state index contributed by atoms with van der Waals surface area (Å²) in [6.07, 6.45) is 8.56. The number of aromatic nitrogens is 6. The number of rotatable bonds is 7. The predicted octanol–water partition coefficient (Wildman–Crippen LogP) is 3.83. The maximum Gasteiger partial charge on any atom is 0.253 e. The molecule has 10 nitrogen and oxygen atoms in total. The van der Waals surface area contributed by atoms with Crippen molar-refractivity contribution in [3.8, 4) is 10.7 Å². The van der Waals surface area contributed by atoms with Crippen molar-refractivity contribution in [2.24, 2.45) is 0 Å². The maximum atomic E-state index is 14.7. The molecule has 1 aliphatic rings. The number of fused-ring (bicyclic) bond motifs is 1. The average molecular weight is 538 g/mol. The number of hydrogen-bond donors (Lipinski definition) is 2. The van der Waals surface area contributed by atoms with E-state index >= 15 is 0 Å². The Morgan fingerprint density at radius 3 is 2.84 bits per heavy atom. The summed E-state index contributed by atoms with van der Waals surface area (Å²) in [7, 11) is 1.92. The normalized spacial score (nSPS) is 18.6. The summed E-state index contributed by atoms with van der Waals surface area (Å²) in [5.41, 5.74) is 2.40.